The van der Waals surface area contributed by atoms with Crippen LogP contribution in [0.5, 0.6) is 5.75 Å². The molecule has 1 saturated carbocycles. The molecule has 2 fully saturated rings. The van der Waals surface area contributed by atoms with Crippen molar-refractivity contribution in [2.45, 2.75) is 38.4 Å². The molecule has 4 rings (SSSR count). The normalized spacial score (nSPS) is 26.1. The van der Waals surface area contributed by atoms with Gasteiger partial charge in [0.25, 0.3) is 0 Å². The summed E-state index contributed by atoms with van der Waals surface area (Å²) in [6.45, 7) is 3.84. The Morgan fingerprint density at radius 3 is 2.41 bits per heavy atom. The highest BCUT2D eigenvalue weighted by atomic mass is 16.5. The van der Waals surface area contributed by atoms with Crippen molar-refractivity contribution >= 4 is 11.9 Å². The van der Waals surface area contributed by atoms with Gasteiger partial charge in [0.15, 0.2) is 0 Å². The van der Waals surface area contributed by atoms with Crippen molar-refractivity contribution in [1.82, 2.24) is 9.97 Å². The molecule has 0 spiro atoms. The van der Waals surface area contributed by atoms with Crippen LogP contribution in [0.3, 0.4) is 0 Å². The molecule has 7 heteroatoms. The Labute approximate surface area is 170 Å². The number of nitrogens with zero attached hydrogens (tertiary/aromatic N) is 3. The van der Waals surface area contributed by atoms with Crippen molar-refractivity contribution in [3.8, 4) is 5.75 Å². The quantitative estimate of drug-likeness (QED) is 0.776. The summed E-state index contributed by atoms with van der Waals surface area (Å²) >= 11 is 0. The van der Waals surface area contributed by atoms with Gasteiger partial charge in [-0.05, 0) is 60.9 Å². The molecule has 1 saturated heterocycles. The number of rotatable bonds is 5. The van der Waals surface area contributed by atoms with E-state index in [0.29, 0.717) is 29.6 Å². The molecule has 0 unspecified atom stereocenters. The molecule has 2 aliphatic rings. The number of aromatic nitrogens is 2. The maximum absolute atomic E-state index is 11.6. The minimum Gasteiger partial charge on any atom is -0.488 e. The van der Waals surface area contributed by atoms with E-state index in [9.17, 15) is 9.90 Å². The molecule has 1 aliphatic carbocycles. The third kappa shape index (κ3) is 4.19. The Morgan fingerprint density at radius 2 is 1.79 bits per heavy atom. The van der Waals surface area contributed by atoms with Gasteiger partial charge in [-0.2, -0.15) is 0 Å². The first-order valence-electron chi connectivity index (χ1n) is 10.2. The summed E-state index contributed by atoms with van der Waals surface area (Å²) in [7, 11) is 1.36. The van der Waals surface area contributed by atoms with Crippen molar-refractivity contribution < 1.29 is 19.4 Å². The lowest BCUT2D eigenvalue weighted by Crippen LogP contribution is -2.42. The van der Waals surface area contributed by atoms with Crippen LogP contribution < -0.4 is 9.64 Å². The van der Waals surface area contributed by atoms with Crippen molar-refractivity contribution in [3.05, 3.63) is 47.8 Å². The standard InChI is InChI=1S/C22H27N3O4/c1-3-14-10-23-22(24-11-14)25-12-16-8-19(26)20(9-17(16)13-25)29-18-6-4-15(5-7-18)21(27)28-2/h4-7,10-11,16-17,19-20,26H,3,8-9,12-13H2,1-2H3/t16-,17+,19-,20-/m0/s1. The lowest BCUT2D eigenvalue weighted by Gasteiger charge is -2.35. The summed E-state index contributed by atoms with van der Waals surface area (Å²) in [6.07, 6.45) is 5.43. The molecule has 1 aliphatic heterocycles. The van der Waals surface area contributed by atoms with E-state index in [1.165, 1.54) is 7.11 Å². The molecular weight excluding hydrogens is 370 g/mol. The van der Waals surface area contributed by atoms with E-state index in [1.54, 1.807) is 24.3 Å². The van der Waals surface area contributed by atoms with E-state index in [2.05, 4.69) is 21.8 Å². The monoisotopic (exact) mass is 397 g/mol. The Hall–Kier alpha value is -2.67. The van der Waals surface area contributed by atoms with Crippen LogP contribution >= 0.6 is 0 Å². The molecular formula is C22H27N3O4. The summed E-state index contributed by atoms with van der Waals surface area (Å²) in [5.41, 5.74) is 1.61. The SMILES string of the molecule is CCc1cnc(N2C[C@H]3C[C@H](Oc4ccc(C(=O)OC)cc4)[C@@H](O)C[C@H]3C2)nc1. The first-order chi connectivity index (χ1) is 14.1. The van der Waals surface area contributed by atoms with E-state index in [-0.39, 0.29) is 12.1 Å². The van der Waals surface area contributed by atoms with E-state index < -0.39 is 6.10 Å². The fourth-order valence-electron chi connectivity index (χ4n) is 4.34. The van der Waals surface area contributed by atoms with Crippen LogP contribution in [0, 0.1) is 11.8 Å². The molecule has 1 N–H and O–H groups in total. The Bertz CT molecular complexity index is 840. The van der Waals surface area contributed by atoms with Gasteiger partial charge in [-0.25, -0.2) is 14.8 Å². The number of hydrogen-bond donors (Lipinski definition) is 1. The van der Waals surface area contributed by atoms with E-state index in [4.69, 9.17) is 9.47 Å². The lowest BCUT2D eigenvalue weighted by atomic mass is 9.78. The third-order valence-electron chi connectivity index (χ3n) is 6.03. The summed E-state index contributed by atoms with van der Waals surface area (Å²) in [5, 5.41) is 10.6. The minimum atomic E-state index is -0.514. The lowest BCUT2D eigenvalue weighted by molar-refractivity contribution is -0.0231. The average molecular weight is 397 g/mol. The highest BCUT2D eigenvalue weighted by molar-refractivity contribution is 5.89. The first kappa shape index (κ1) is 19.6. The Balaban J connectivity index is 1.39. The third-order valence-corrected chi connectivity index (χ3v) is 6.03. The van der Waals surface area contributed by atoms with E-state index >= 15 is 0 Å². The maximum atomic E-state index is 11.6. The molecule has 0 bridgehead atoms. The number of carbonyl (C=O) groups is 1. The van der Waals surface area contributed by atoms with Crippen LogP contribution in [0.2, 0.25) is 0 Å². The molecule has 29 heavy (non-hydrogen) atoms. The second kappa shape index (κ2) is 8.37. The zero-order valence-corrected chi connectivity index (χ0v) is 16.8. The fourth-order valence-corrected chi connectivity index (χ4v) is 4.34. The summed E-state index contributed by atoms with van der Waals surface area (Å²) in [4.78, 5) is 22.8. The molecule has 154 valence electrons. The van der Waals surface area contributed by atoms with Gasteiger partial charge in [0.1, 0.15) is 11.9 Å². The molecule has 0 radical (unpaired) electrons. The average Bonchev–Trinajstić information content (AvgIpc) is 3.16. The maximum Gasteiger partial charge on any atom is 0.337 e. The number of carbonyl (C=O) groups excluding carboxylic acids is 1. The zero-order chi connectivity index (χ0) is 20.4. The van der Waals surface area contributed by atoms with Crippen LogP contribution in [-0.4, -0.2) is 53.5 Å². The number of aliphatic hydroxyl groups excluding tert-OH is 1. The van der Waals surface area contributed by atoms with Gasteiger partial charge in [-0.3, -0.25) is 0 Å². The second-order valence-electron chi connectivity index (χ2n) is 7.88. The molecule has 1 aromatic heterocycles. The number of fused-ring (bicyclic) bond motifs is 1. The second-order valence-corrected chi connectivity index (χ2v) is 7.88. The molecule has 1 aromatic carbocycles. The van der Waals surface area contributed by atoms with Crippen LogP contribution in [0.4, 0.5) is 5.95 Å². The molecule has 0 amide bonds. The highest BCUT2D eigenvalue weighted by Crippen LogP contribution is 2.39. The number of aliphatic hydroxyl groups is 1. The van der Waals surface area contributed by atoms with Gasteiger partial charge in [-0.15, -0.1) is 0 Å². The van der Waals surface area contributed by atoms with E-state index in [1.807, 2.05) is 12.4 Å². The topological polar surface area (TPSA) is 84.8 Å². The smallest absolute Gasteiger partial charge is 0.337 e. The molecule has 7 nitrogen and oxygen atoms in total. The zero-order valence-electron chi connectivity index (χ0n) is 16.8. The van der Waals surface area contributed by atoms with Gasteiger partial charge in [0.2, 0.25) is 5.95 Å². The van der Waals surface area contributed by atoms with Crippen LogP contribution in [0.1, 0.15) is 35.7 Å². The number of aryl methyl sites for hydroxylation is 1. The van der Waals surface area contributed by atoms with Crippen molar-refractivity contribution in [2.24, 2.45) is 11.8 Å². The molecule has 2 heterocycles. The number of esters is 1. The van der Waals surface area contributed by atoms with Gasteiger partial charge in [0, 0.05) is 25.5 Å². The van der Waals surface area contributed by atoms with Crippen LogP contribution in [0.15, 0.2) is 36.7 Å². The number of ether oxygens (including phenoxy) is 2. The number of methoxy groups -OCH3 is 1. The minimum absolute atomic E-state index is 0.261. The first-order valence-corrected chi connectivity index (χ1v) is 10.2. The van der Waals surface area contributed by atoms with Crippen molar-refractivity contribution in [3.63, 3.8) is 0 Å². The van der Waals surface area contributed by atoms with Crippen LogP contribution in [0.25, 0.3) is 0 Å². The van der Waals surface area contributed by atoms with Crippen LogP contribution in [-0.2, 0) is 11.2 Å². The summed E-state index contributed by atoms with van der Waals surface area (Å²) < 4.78 is 10.8. The fraction of sp³-hybridized carbons (Fsp3) is 0.500. The molecule has 2 aromatic rings. The summed E-state index contributed by atoms with van der Waals surface area (Å²) in [5.74, 6) is 1.89. The largest absolute Gasteiger partial charge is 0.488 e. The predicted octanol–water partition coefficient (Wildman–Crippen LogP) is 2.48. The highest BCUT2D eigenvalue weighted by Gasteiger charge is 2.43. The van der Waals surface area contributed by atoms with Gasteiger partial charge >= 0.3 is 5.97 Å². The number of benzene rings is 1. The van der Waals surface area contributed by atoms with Crippen molar-refractivity contribution in [1.29, 1.82) is 0 Å². The van der Waals surface area contributed by atoms with E-state index in [0.717, 1.165) is 37.4 Å². The number of anilines is 1. The Kier molecular flexibility index (Phi) is 5.67. The van der Waals surface area contributed by atoms with Crippen molar-refractivity contribution in [2.75, 3.05) is 25.1 Å². The molecule has 4 atom stereocenters. The Morgan fingerprint density at radius 1 is 1.14 bits per heavy atom. The van der Waals surface area contributed by atoms with Gasteiger partial charge in [0.05, 0.1) is 18.8 Å². The predicted molar refractivity (Wildman–Crippen MR) is 108 cm³/mol. The van der Waals surface area contributed by atoms with Gasteiger partial charge in [-0.1, -0.05) is 6.92 Å². The van der Waals surface area contributed by atoms with Gasteiger partial charge < -0.3 is 19.5 Å². The summed E-state index contributed by atoms with van der Waals surface area (Å²) in [6, 6.07) is 6.84. The number of hydrogen-bond acceptors (Lipinski definition) is 7.